The number of amides is 1. The molecule has 1 unspecified atom stereocenters. The van der Waals surface area contributed by atoms with Gasteiger partial charge in [-0.3, -0.25) is 9.69 Å². The molecule has 1 aliphatic heterocycles. The summed E-state index contributed by atoms with van der Waals surface area (Å²) in [6, 6.07) is 0. The Morgan fingerprint density at radius 3 is 2.76 bits per heavy atom. The lowest BCUT2D eigenvalue weighted by Crippen LogP contribution is -2.25. The number of nitrogens with zero attached hydrogens (tertiary/aromatic N) is 3. The first-order valence-corrected chi connectivity index (χ1v) is 7.04. The normalized spacial score (nSPS) is 21.1. The molecular weight excluding hydrogens is 271 g/mol. The average molecular weight is 280 g/mol. The summed E-state index contributed by atoms with van der Waals surface area (Å²) in [6.45, 7) is 0.122. The molecule has 0 bridgehead atoms. The van der Waals surface area contributed by atoms with E-state index in [4.69, 9.17) is 5.73 Å². The van der Waals surface area contributed by atoms with Gasteiger partial charge < -0.3 is 5.73 Å². The average Bonchev–Trinajstić information content (AvgIpc) is 2.70. The van der Waals surface area contributed by atoms with Gasteiger partial charge in [-0.15, -0.1) is 14.1 Å². The highest BCUT2D eigenvalue weighted by atomic mass is 32.3. The third-order valence-corrected chi connectivity index (χ3v) is 3.95. The van der Waals surface area contributed by atoms with Gasteiger partial charge in [0, 0.05) is 18.9 Å². The Balaban J connectivity index is 2.10. The van der Waals surface area contributed by atoms with Crippen LogP contribution >= 0.6 is 11.3 Å². The van der Waals surface area contributed by atoms with Crippen molar-refractivity contribution in [3.8, 4) is 0 Å². The van der Waals surface area contributed by atoms with Crippen molar-refractivity contribution in [1.29, 1.82) is 0 Å². The van der Waals surface area contributed by atoms with Crippen molar-refractivity contribution in [2.45, 2.75) is 6.42 Å². The molecule has 7 nitrogen and oxygen atoms in total. The Hall–Kier alpha value is -1.29. The zero-order chi connectivity index (χ0) is 12.6. The standard InChI is InChI=1S/C7H9FN4O3S2/c8-17(14,15)3-4-1-5(13)12(2-4)7-11-10-6(9)16-7/h4H,1-3H2,(H2,9,10). The number of halogens is 1. The Morgan fingerprint density at radius 1 is 1.53 bits per heavy atom. The molecule has 2 N–H and O–H groups in total. The fourth-order valence-corrected chi connectivity index (χ4v) is 3.12. The van der Waals surface area contributed by atoms with Crippen LogP contribution in [0.4, 0.5) is 14.1 Å². The fraction of sp³-hybridized carbons (Fsp3) is 0.571. The van der Waals surface area contributed by atoms with E-state index in [1.165, 1.54) is 4.90 Å². The van der Waals surface area contributed by atoms with E-state index >= 15 is 0 Å². The molecule has 1 aromatic rings. The van der Waals surface area contributed by atoms with Crippen LogP contribution < -0.4 is 10.6 Å². The molecule has 1 amide bonds. The van der Waals surface area contributed by atoms with E-state index in [1.807, 2.05) is 0 Å². The number of nitrogen functional groups attached to an aromatic ring is 1. The SMILES string of the molecule is Nc1nnc(N2CC(CS(=O)(=O)F)CC2=O)s1. The summed E-state index contributed by atoms with van der Waals surface area (Å²) in [5.41, 5.74) is 5.38. The number of hydrogen-bond acceptors (Lipinski definition) is 7. The quantitative estimate of drug-likeness (QED) is 0.767. The number of carbonyl (C=O) groups is 1. The third kappa shape index (κ3) is 2.88. The first-order valence-electron chi connectivity index (χ1n) is 4.67. The molecule has 94 valence electrons. The molecule has 0 radical (unpaired) electrons. The fourth-order valence-electron chi connectivity index (χ4n) is 1.70. The van der Waals surface area contributed by atoms with Crippen LogP contribution in [0.3, 0.4) is 0 Å². The monoisotopic (exact) mass is 280 g/mol. The Kier molecular flexibility index (Phi) is 3.00. The van der Waals surface area contributed by atoms with Crippen LogP contribution in [0.5, 0.6) is 0 Å². The molecule has 1 atom stereocenters. The molecule has 1 aliphatic rings. The molecule has 1 saturated heterocycles. The zero-order valence-electron chi connectivity index (χ0n) is 8.54. The van der Waals surface area contributed by atoms with Gasteiger partial charge in [0.05, 0.1) is 5.75 Å². The number of anilines is 2. The molecule has 0 aromatic carbocycles. The van der Waals surface area contributed by atoms with Crippen LogP contribution in [0.2, 0.25) is 0 Å². The van der Waals surface area contributed by atoms with Crippen LogP contribution in [-0.4, -0.2) is 36.8 Å². The maximum Gasteiger partial charge on any atom is 0.302 e. The van der Waals surface area contributed by atoms with E-state index in [9.17, 15) is 17.1 Å². The predicted octanol–water partition coefficient (Wildman–Crippen LogP) is -0.228. The van der Waals surface area contributed by atoms with E-state index < -0.39 is 21.9 Å². The van der Waals surface area contributed by atoms with Gasteiger partial charge in [-0.1, -0.05) is 11.3 Å². The van der Waals surface area contributed by atoms with Gasteiger partial charge in [0.25, 0.3) is 0 Å². The number of carbonyl (C=O) groups excluding carboxylic acids is 1. The number of rotatable bonds is 3. The Bertz CT molecular complexity index is 543. The lowest BCUT2D eigenvalue weighted by Gasteiger charge is -2.10. The molecular formula is C7H9FN4O3S2. The summed E-state index contributed by atoms with van der Waals surface area (Å²) < 4.78 is 33.5. The van der Waals surface area contributed by atoms with Gasteiger partial charge in [-0.25, -0.2) is 0 Å². The minimum absolute atomic E-state index is 0.0113. The van der Waals surface area contributed by atoms with Crippen LogP contribution in [-0.2, 0) is 15.0 Å². The minimum atomic E-state index is -4.57. The van der Waals surface area contributed by atoms with Gasteiger partial charge in [-0.05, 0) is 0 Å². The van der Waals surface area contributed by atoms with E-state index in [0.29, 0.717) is 5.13 Å². The number of hydrogen-bond donors (Lipinski definition) is 1. The summed E-state index contributed by atoms with van der Waals surface area (Å²) in [5.74, 6) is -1.50. The molecule has 1 aromatic heterocycles. The van der Waals surface area contributed by atoms with Crippen molar-refractivity contribution in [1.82, 2.24) is 10.2 Å². The topological polar surface area (TPSA) is 106 Å². The molecule has 0 saturated carbocycles. The second-order valence-corrected chi connectivity index (χ2v) is 6.10. The zero-order valence-corrected chi connectivity index (χ0v) is 10.2. The van der Waals surface area contributed by atoms with E-state index in [-0.39, 0.29) is 24.0 Å². The van der Waals surface area contributed by atoms with Crippen LogP contribution in [0.25, 0.3) is 0 Å². The minimum Gasteiger partial charge on any atom is -0.374 e. The Labute approximate surface area is 101 Å². The van der Waals surface area contributed by atoms with Crippen molar-refractivity contribution in [3.63, 3.8) is 0 Å². The van der Waals surface area contributed by atoms with Gasteiger partial charge in [0.2, 0.25) is 16.2 Å². The molecule has 2 rings (SSSR count). The van der Waals surface area contributed by atoms with Crippen molar-refractivity contribution < 1.29 is 17.1 Å². The van der Waals surface area contributed by atoms with Gasteiger partial charge >= 0.3 is 10.2 Å². The molecule has 0 aliphatic carbocycles. The Morgan fingerprint density at radius 2 is 2.24 bits per heavy atom. The van der Waals surface area contributed by atoms with Crippen molar-refractivity contribution in [2.75, 3.05) is 22.9 Å². The van der Waals surface area contributed by atoms with Crippen molar-refractivity contribution >= 4 is 37.7 Å². The lowest BCUT2D eigenvalue weighted by molar-refractivity contribution is -0.117. The summed E-state index contributed by atoms with van der Waals surface area (Å²) in [4.78, 5) is 12.9. The maximum atomic E-state index is 12.5. The summed E-state index contributed by atoms with van der Waals surface area (Å²) in [6.07, 6.45) is -0.0113. The highest BCUT2D eigenvalue weighted by Crippen LogP contribution is 2.29. The van der Waals surface area contributed by atoms with Gasteiger partial charge in [0.1, 0.15) is 0 Å². The highest BCUT2D eigenvalue weighted by Gasteiger charge is 2.35. The third-order valence-electron chi connectivity index (χ3n) is 2.30. The largest absolute Gasteiger partial charge is 0.374 e. The lowest BCUT2D eigenvalue weighted by atomic mass is 10.1. The molecule has 0 spiro atoms. The molecule has 10 heteroatoms. The van der Waals surface area contributed by atoms with Gasteiger partial charge in [-0.2, -0.15) is 8.42 Å². The summed E-state index contributed by atoms with van der Waals surface area (Å²) in [5, 5.41) is 7.77. The number of aromatic nitrogens is 2. The summed E-state index contributed by atoms with van der Waals surface area (Å²) in [7, 11) is -4.57. The van der Waals surface area contributed by atoms with Gasteiger partial charge in [0.15, 0.2) is 0 Å². The molecule has 1 fully saturated rings. The summed E-state index contributed by atoms with van der Waals surface area (Å²) >= 11 is 1.03. The molecule has 2 heterocycles. The predicted molar refractivity (Wildman–Crippen MR) is 59.7 cm³/mol. The van der Waals surface area contributed by atoms with E-state index in [2.05, 4.69) is 10.2 Å². The maximum absolute atomic E-state index is 12.5. The van der Waals surface area contributed by atoms with E-state index in [1.54, 1.807) is 0 Å². The second-order valence-electron chi connectivity index (χ2n) is 3.70. The van der Waals surface area contributed by atoms with Crippen LogP contribution in [0, 0.1) is 5.92 Å². The second kappa shape index (κ2) is 4.18. The number of nitrogens with two attached hydrogens (primary N) is 1. The van der Waals surface area contributed by atoms with Crippen LogP contribution in [0.1, 0.15) is 6.42 Å². The first-order chi connectivity index (χ1) is 7.85. The molecule has 17 heavy (non-hydrogen) atoms. The first kappa shape index (κ1) is 12.2. The van der Waals surface area contributed by atoms with Crippen molar-refractivity contribution in [2.24, 2.45) is 5.92 Å². The van der Waals surface area contributed by atoms with Crippen molar-refractivity contribution in [3.05, 3.63) is 0 Å². The van der Waals surface area contributed by atoms with E-state index in [0.717, 1.165) is 11.3 Å². The van der Waals surface area contributed by atoms with Crippen LogP contribution in [0.15, 0.2) is 0 Å². The smallest absolute Gasteiger partial charge is 0.302 e. The highest BCUT2D eigenvalue weighted by molar-refractivity contribution is 7.86.